The second kappa shape index (κ2) is 7.71. The fraction of sp³-hybridized carbons (Fsp3) is 0.450. The number of aromatic nitrogens is 1. The smallest absolute Gasteiger partial charge is 0.236 e. The number of benzene rings is 1. The Kier molecular flexibility index (Phi) is 5.38. The molecule has 2 unspecified atom stereocenters. The third-order valence-electron chi connectivity index (χ3n) is 4.91. The molecule has 136 valence electrons. The van der Waals surface area contributed by atoms with Gasteiger partial charge in [0, 0.05) is 50.5 Å². The van der Waals surface area contributed by atoms with Crippen LogP contribution in [0.25, 0.3) is 10.9 Å². The van der Waals surface area contributed by atoms with Gasteiger partial charge in [0.1, 0.15) is 6.07 Å². The quantitative estimate of drug-likeness (QED) is 0.912. The van der Waals surface area contributed by atoms with E-state index in [9.17, 15) is 10.1 Å². The zero-order chi connectivity index (χ0) is 18.7. The maximum absolute atomic E-state index is 11.9. The van der Waals surface area contributed by atoms with Gasteiger partial charge in [-0.3, -0.25) is 9.78 Å². The van der Waals surface area contributed by atoms with Crippen LogP contribution < -0.4 is 10.2 Å². The highest BCUT2D eigenvalue weighted by Crippen LogP contribution is 2.31. The number of carbonyl (C=O) groups is 1. The highest BCUT2D eigenvalue weighted by atomic mass is 16.2. The molecule has 2 atom stereocenters. The Hall–Kier alpha value is -2.65. The van der Waals surface area contributed by atoms with E-state index >= 15 is 0 Å². The van der Waals surface area contributed by atoms with Crippen molar-refractivity contribution in [2.24, 2.45) is 5.92 Å². The molecule has 0 aliphatic carbocycles. The fourth-order valence-corrected chi connectivity index (χ4v) is 3.61. The minimum atomic E-state index is 0.0859. The van der Waals surface area contributed by atoms with Crippen molar-refractivity contribution in [1.29, 1.82) is 5.26 Å². The number of likely N-dealkylation sites (N-methyl/N-ethyl adjacent to an activating group) is 1. The molecular weight excluding hydrogens is 326 g/mol. The van der Waals surface area contributed by atoms with Crippen LogP contribution in [0.15, 0.2) is 30.5 Å². The van der Waals surface area contributed by atoms with Crippen LogP contribution in [0, 0.1) is 17.2 Å². The molecule has 1 aromatic heterocycles. The summed E-state index contributed by atoms with van der Waals surface area (Å²) < 4.78 is 0. The van der Waals surface area contributed by atoms with Crippen LogP contribution in [0.2, 0.25) is 0 Å². The Balaban J connectivity index is 1.84. The normalized spacial score (nSPS) is 20.0. The molecule has 6 heteroatoms. The highest BCUT2D eigenvalue weighted by molar-refractivity contribution is 5.95. The minimum absolute atomic E-state index is 0.0859. The van der Waals surface area contributed by atoms with Gasteiger partial charge in [0.05, 0.1) is 17.6 Å². The second-order valence-corrected chi connectivity index (χ2v) is 7.26. The van der Waals surface area contributed by atoms with Crippen LogP contribution in [0.3, 0.4) is 0 Å². The van der Waals surface area contributed by atoms with Crippen molar-refractivity contribution >= 4 is 22.5 Å². The molecule has 26 heavy (non-hydrogen) atoms. The fourth-order valence-electron chi connectivity index (χ4n) is 3.61. The third-order valence-corrected chi connectivity index (χ3v) is 4.91. The second-order valence-electron chi connectivity index (χ2n) is 7.26. The molecule has 6 nitrogen and oxygen atoms in total. The van der Waals surface area contributed by atoms with E-state index in [-0.39, 0.29) is 11.9 Å². The summed E-state index contributed by atoms with van der Waals surface area (Å²) in [5.41, 5.74) is 2.45. The number of rotatable bonds is 4. The molecule has 1 saturated heterocycles. The van der Waals surface area contributed by atoms with Crippen molar-refractivity contribution in [3.63, 3.8) is 0 Å². The molecule has 3 rings (SSSR count). The Bertz CT molecular complexity index is 842. The van der Waals surface area contributed by atoms with Crippen molar-refractivity contribution in [3.8, 4) is 6.07 Å². The third kappa shape index (κ3) is 3.78. The lowest BCUT2D eigenvalue weighted by Crippen LogP contribution is -2.50. The molecule has 2 aromatic rings. The summed E-state index contributed by atoms with van der Waals surface area (Å²) in [6.45, 7) is 4.38. The number of nitrogens with one attached hydrogen (secondary N) is 1. The Morgan fingerprint density at radius 2 is 2.19 bits per heavy atom. The molecular formula is C20H25N5O. The maximum atomic E-state index is 11.9. The molecule has 1 N–H and O–H groups in total. The Labute approximate surface area is 154 Å². The van der Waals surface area contributed by atoms with Crippen LogP contribution in [-0.4, -0.2) is 55.6 Å². The van der Waals surface area contributed by atoms with Crippen molar-refractivity contribution in [2.75, 3.05) is 38.6 Å². The molecule has 0 radical (unpaired) electrons. The lowest BCUT2D eigenvalue weighted by atomic mass is 9.94. The van der Waals surface area contributed by atoms with E-state index in [0.717, 1.165) is 36.1 Å². The summed E-state index contributed by atoms with van der Waals surface area (Å²) in [6, 6.07) is 10.3. The number of hydrogen-bond acceptors (Lipinski definition) is 5. The number of fused-ring (bicyclic) bond motifs is 1. The molecule has 0 saturated carbocycles. The van der Waals surface area contributed by atoms with Crippen LogP contribution in [-0.2, 0) is 4.79 Å². The minimum Gasteiger partial charge on any atom is -0.369 e. The summed E-state index contributed by atoms with van der Waals surface area (Å²) in [7, 11) is 3.55. The van der Waals surface area contributed by atoms with Crippen LogP contribution in [0.4, 0.5) is 5.69 Å². The molecule has 1 aliphatic heterocycles. The Morgan fingerprint density at radius 1 is 1.38 bits per heavy atom. The molecule has 1 amide bonds. The monoisotopic (exact) mass is 351 g/mol. The standard InChI is InChI=1S/C20H25N5O/c1-14-9-16(23-11-19(26)24(2)3)13-25(12-14)18-7-6-15(10-21)20-17(18)5-4-8-22-20/h4-8,14,16,23H,9,11-13H2,1-3H3. The topological polar surface area (TPSA) is 72.3 Å². The van der Waals surface area contributed by atoms with Gasteiger partial charge in [0.15, 0.2) is 0 Å². The summed E-state index contributed by atoms with van der Waals surface area (Å²) in [5, 5.41) is 13.7. The molecule has 1 aromatic carbocycles. The number of anilines is 1. The first kappa shape index (κ1) is 18.2. The van der Waals surface area contributed by atoms with Crippen molar-refractivity contribution in [3.05, 3.63) is 36.0 Å². The zero-order valence-corrected chi connectivity index (χ0v) is 15.6. The van der Waals surface area contributed by atoms with E-state index < -0.39 is 0 Å². The number of carbonyl (C=O) groups excluding carboxylic acids is 1. The van der Waals surface area contributed by atoms with Gasteiger partial charge in [-0.05, 0) is 36.6 Å². The molecule has 0 bridgehead atoms. The van der Waals surface area contributed by atoms with Crippen molar-refractivity contribution < 1.29 is 4.79 Å². The summed E-state index contributed by atoms with van der Waals surface area (Å²) in [5.74, 6) is 0.598. The van der Waals surface area contributed by atoms with Gasteiger partial charge in [-0.1, -0.05) is 6.92 Å². The largest absolute Gasteiger partial charge is 0.369 e. The highest BCUT2D eigenvalue weighted by Gasteiger charge is 2.26. The van der Waals surface area contributed by atoms with Crippen molar-refractivity contribution in [1.82, 2.24) is 15.2 Å². The zero-order valence-electron chi connectivity index (χ0n) is 15.6. The molecule has 2 heterocycles. The summed E-state index contributed by atoms with van der Waals surface area (Å²) in [6.07, 6.45) is 2.77. The lowest BCUT2D eigenvalue weighted by molar-refractivity contribution is -0.127. The number of nitriles is 1. The van der Waals surface area contributed by atoms with E-state index in [0.29, 0.717) is 18.0 Å². The predicted molar refractivity (Wildman–Crippen MR) is 103 cm³/mol. The number of hydrogen-bond donors (Lipinski definition) is 1. The van der Waals surface area contributed by atoms with Crippen LogP contribution >= 0.6 is 0 Å². The van der Waals surface area contributed by atoms with Crippen LogP contribution in [0.5, 0.6) is 0 Å². The van der Waals surface area contributed by atoms with Gasteiger partial charge in [0.25, 0.3) is 0 Å². The number of piperidine rings is 1. The van der Waals surface area contributed by atoms with E-state index in [1.165, 1.54) is 0 Å². The summed E-state index contributed by atoms with van der Waals surface area (Å²) in [4.78, 5) is 20.2. The number of pyridine rings is 1. The van der Waals surface area contributed by atoms with Gasteiger partial charge in [-0.15, -0.1) is 0 Å². The van der Waals surface area contributed by atoms with Gasteiger partial charge in [-0.2, -0.15) is 5.26 Å². The van der Waals surface area contributed by atoms with Gasteiger partial charge in [-0.25, -0.2) is 0 Å². The first-order valence-electron chi connectivity index (χ1n) is 8.96. The lowest BCUT2D eigenvalue weighted by Gasteiger charge is -2.39. The Morgan fingerprint density at radius 3 is 2.92 bits per heavy atom. The SMILES string of the molecule is CC1CC(NCC(=O)N(C)C)CN(c2ccc(C#N)c3ncccc23)C1. The van der Waals surface area contributed by atoms with Crippen molar-refractivity contribution in [2.45, 2.75) is 19.4 Å². The van der Waals surface area contributed by atoms with E-state index in [2.05, 4.69) is 28.2 Å². The van der Waals surface area contributed by atoms with Gasteiger partial charge < -0.3 is 15.1 Å². The molecule has 1 aliphatic rings. The number of amides is 1. The maximum Gasteiger partial charge on any atom is 0.236 e. The number of nitrogens with zero attached hydrogens (tertiary/aromatic N) is 4. The first-order valence-corrected chi connectivity index (χ1v) is 8.96. The van der Waals surface area contributed by atoms with Crippen LogP contribution in [0.1, 0.15) is 18.9 Å². The predicted octanol–water partition coefficient (Wildman–Crippen LogP) is 2.00. The average molecular weight is 351 g/mol. The van der Waals surface area contributed by atoms with Gasteiger partial charge in [0.2, 0.25) is 5.91 Å². The first-order chi connectivity index (χ1) is 12.5. The average Bonchev–Trinajstić information content (AvgIpc) is 2.64. The molecule has 0 spiro atoms. The van der Waals surface area contributed by atoms with E-state index in [4.69, 9.17) is 0 Å². The molecule has 1 fully saturated rings. The van der Waals surface area contributed by atoms with E-state index in [1.807, 2.05) is 24.3 Å². The van der Waals surface area contributed by atoms with Gasteiger partial charge >= 0.3 is 0 Å². The van der Waals surface area contributed by atoms with E-state index in [1.54, 1.807) is 25.2 Å². The summed E-state index contributed by atoms with van der Waals surface area (Å²) >= 11 is 0.